The van der Waals surface area contributed by atoms with Crippen LogP contribution in [-0.4, -0.2) is 43.6 Å². The van der Waals surface area contributed by atoms with Crippen molar-refractivity contribution in [1.29, 1.82) is 0 Å². The molecule has 0 amide bonds. The molecule has 10 aromatic heterocycles. The van der Waals surface area contributed by atoms with Crippen molar-refractivity contribution in [2.24, 2.45) is 0 Å². The topological polar surface area (TPSA) is 92.1 Å². The molecule has 13 heteroatoms. The van der Waals surface area contributed by atoms with Crippen LogP contribution < -0.4 is 0 Å². The Morgan fingerprint density at radius 3 is 0.583 bits per heavy atom. The van der Waals surface area contributed by atoms with Gasteiger partial charge in [0.25, 0.3) is 0 Å². The summed E-state index contributed by atoms with van der Waals surface area (Å²) in [4.78, 5) is 31.4. The van der Waals surface area contributed by atoms with E-state index in [4.69, 9.17) is 29.9 Å². The highest BCUT2D eigenvalue weighted by molar-refractivity contribution is 7.27. The summed E-state index contributed by atoms with van der Waals surface area (Å²) in [7, 11) is 0. The van der Waals surface area contributed by atoms with Gasteiger partial charge < -0.3 is 0 Å². The molecule has 0 radical (unpaired) electrons. The third-order valence-electron chi connectivity index (χ3n) is 24.5. The molecule has 27 aromatic rings. The molecule has 0 fully saturated rings. The van der Waals surface area contributed by atoms with E-state index in [-0.39, 0.29) is 0 Å². The Labute approximate surface area is 744 Å². The molecule has 27 rings (SSSR count). The van der Waals surface area contributed by atoms with Gasteiger partial charge in [-0.05, 0) is 114 Å². The molecule has 0 saturated carbocycles. The minimum absolute atomic E-state index is 0.665. The summed E-state index contributed by atoms with van der Waals surface area (Å²) in [6.45, 7) is 0. The zero-order valence-corrected chi connectivity index (χ0v) is 71.3. The Morgan fingerprint density at radius 2 is 0.315 bits per heavy atom. The summed E-state index contributed by atoms with van der Waals surface area (Å²) < 4.78 is 16.9. The molecule has 0 aliphatic carbocycles. The number of benzene rings is 17. The first-order valence-electron chi connectivity index (χ1n) is 42.4. The van der Waals surface area contributed by atoms with E-state index in [1.54, 1.807) is 0 Å². The first-order valence-corrected chi connectivity index (χ1v) is 45.7. The lowest BCUT2D eigenvalue weighted by Gasteiger charge is -2.12. The average Bonchev–Trinajstić information content (AvgIpc) is 1.60. The zero-order valence-electron chi connectivity index (χ0n) is 68.0. The Balaban J connectivity index is 0.000000104. The van der Waals surface area contributed by atoms with Crippen molar-refractivity contribution >= 4 is 191 Å². The molecule has 0 spiro atoms. The quantitative estimate of drug-likeness (QED) is 0.135. The Kier molecular flexibility index (Phi) is 17.8. The van der Waals surface area contributed by atoms with E-state index in [0.717, 1.165) is 101 Å². The first-order chi connectivity index (χ1) is 62.9. The largest absolute Gasteiger partial charge is 0.278 e. The normalized spacial score (nSPS) is 11.8. The van der Waals surface area contributed by atoms with Crippen molar-refractivity contribution in [1.82, 2.24) is 43.6 Å². The molecule has 127 heavy (non-hydrogen) atoms. The molecule has 9 nitrogen and oxygen atoms in total. The predicted molar refractivity (Wildman–Crippen MR) is 539 cm³/mol. The van der Waals surface area contributed by atoms with Crippen molar-refractivity contribution in [2.45, 2.75) is 0 Å². The van der Waals surface area contributed by atoms with E-state index in [2.05, 4.69) is 420 Å². The van der Waals surface area contributed by atoms with Crippen molar-refractivity contribution in [2.75, 3.05) is 0 Å². The van der Waals surface area contributed by atoms with Crippen LogP contribution in [0.15, 0.2) is 419 Å². The lowest BCUT2D eigenvalue weighted by Crippen LogP contribution is -2.04. The monoisotopic (exact) mass is 1690 g/mol. The minimum Gasteiger partial charge on any atom is -0.278 e. The van der Waals surface area contributed by atoms with Crippen molar-refractivity contribution in [3.63, 3.8) is 0 Å². The summed E-state index contributed by atoms with van der Waals surface area (Å²) in [5.41, 5.74) is 20.9. The molecule has 0 saturated heterocycles. The number of thiophene rings is 4. The van der Waals surface area contributed by atoms with E-state index >= 15 is 0 Å². The van der Waals surface area contributed by atoms with Crippen LogP contribution in [0.3, 0.4) is 0 Å². The van der Waals surface area contributed by atoms with Crippen LogP contribution in [-0.2, 0) is 0 Å². The number of hydrogen-bond acceptors (Lipinski definition) is 10. The van der Waals surface area contributed by atoms with Gasteiger partial charge in [-0.1, -0.05) is 315 Å². The van der Waals surface area contributed by atoms with Crippen molar-refractivity contribution in [3.05, 3.63) is 419 Å². The van der Waals surface area contributed by atoms with Crippen LogP contribution in [0.4, 0.5) is 0 Å². The second kappa shape index (κ2) is 30.6. The summed E-state index contributed by atoms with van der Waals surface area (Å²) >= 11 is 7.32. The van der Waals surface area contributed by atoms with Gasteiger partial charge in [0, 0.05) is 146 Å². The van der Waals surface area contributed by atoms with Crippen LogP contribution in [0.1, 0.15) is 0 Å². The molecule has 0 aliphatic heterocycles. The molecular weight excluding hydrogens is 1620 g/mol. The zero-order chi connectivity index (χ0) is 83.6. The maximum atomic E-state index is 5.29. The van der Waals surface area contributed by atoms with E-state index in [9.17, 15) is 0 Å². The number of hydrogen-bond donors (Lipinski definition) is 0. The fourth-order valence-electron chi connectivity index (χ4n) is 18.5. The van der Waals surface area contributed by atoms with Crippen LogP contribution >= 0.6 is 45.3 Å². The number of para-hydroxylation sites is 6. The van der Waals surface area contributed by atoms with E-state index in [1.165, 1.54) is 124 Å². The maximum absolute atomic E-state index is 5.29. The van der Waals surface area contributed by atoms with Crippen LogP contribution in [0.2, 0.25) is 0 Å². The van der Waals surface area contributed by atoms with Gasteiger partial charge in [0.15, 0.2) is 0 Å². The van der Waals surface area contributed by atoms with Gasteiger partial charge in [-0.25, -0.2) is 29.9 Å². The molecule has 594 valence electrons. The molecule has 0 N–H and O–H groups in total. The molecule has 0 unspecified atom stereocenters. The molecule has 0 atom stereocenters. The highest BCUT2D eigenvalue weighted by atomic mass is 32.1. The summed E-state index contributed by atoms with van der Waals surface area (Å²) in [6.07, 6.45) is 0. The second-order valence-corrected chi connectivity index (χ2v) is 36.3. The van der Waals surface area contributed by atoms with E-state index < -0.39 is 0 Å². The molecule has 0 aliphatic rings. The minimum atomic E-state index is 0.665. The van der Waals surface area contributed by atoms with Crippen LogP contribution in [0.5, 0.6) is 0 Å². The first kappa shape index (κ1) is 73.9. The smallest absolute Gasteiger partial charge is 0.235 e. The standard InChI is InChI=1S/C40H23N3S2.C40H25N3S.C34H21N3S/c1-5-13-34-26(9-1)27-10-2-6-14-35(27)43(34)40-41-32(24-17-19-30-28-11-3-7-15-36(28)44-38(30)21-24)23-33(42-40)25-18-20-31-29-12-4-8-16-37(29)45-39(31)22-25;1-2-10-26(11-3-1)27-18-20-28(21-19-27)34-25-35(29-22-23-33-32-14-6-9-17-38(32)44-39(33)24-29)42-40(41-34)43-36-15-7-4-12-30(36)31-13-5-8-16-37(31)43;1-2-10-22(11-3-1)28-21-29(23-18-19-27-26-14-6-9-17-32(26)38-33(27)20-23)36-34(35-28)37-30-15-7-4-12-24(30)25-13-5-8-16-31(25)37/h1-23H;1-25H;1-21H. The molecule has 17 aromatic carbocycles. The fraction of sp³-hybridized carbons (Fsp3) is 0. The lowest BCUT2D eigenvalue weighted by atomic mass is 10.0. The number of nitrogens with zero attached hydrogens (tertiary/aromatic N) is 9. The Hall–Kier alpha value is -15.7. The van der Waals surface area contributed by atoms with Gasteiger partial charge >= 0.3 is 0 Å². The summed E-state index contributed by atoms with van der Waals surface area (Å²) in [5.74, 6) is 2.02. The average molecular weight is 1690 g/mol. The van der Waals surface area contributed by atoms with Gasteiger partial charge in [0.05, 0.1) is 67.3 Å². The Morgan fingerprint density at radius 1 is 0.134 bits per heavy atom. The SMILES string of the molecule is c1ccc(-c2cc(-c3ccc4c(c3)sc3ccccc34)nc(-n3c4ccccc4c4ccccc43)n2)cc1.c1ccc(-c2ccc(-c3cc(-c4ccc5c(c4)sc4ccccc45)nc(-n4c5ccccc5c5ccccc54)n3)cc2)cc1.c1ccc2c(c1)sc1cc(-c3cc(-c4ccc5c(c4)sc4ccccc45)nc(-n4c5ccccc5c5ccccc54)n3)ccc12. The number of aromatic nitrogens is 9. The van der Waals surface area contributed by atoms with Crippen LogP contribution in [0, 0.1) is 0 Å². The van der Waals surface area contributed by atoms with E-state index in [1.807, 2.05) is 57.5 Å². The van der Waals surface area contributed by atoms with Crippen molar-refractivity contribution < 1.29 is 0 Å². The summed E-state index contributed by atoms with van der Waals surface area (Å²) in [5, 5.41) is 17.5. The fourth-order valence-corrected chi connectivity index (χ4v) is 23.1. The number of rotatable bonds is 10. The van der Waals surface area contributed by atoms with Gasteiger partial charge in [-0.3, -0.25) is 13.7 Å². The van der Waals surface area contributed by atoms with Gasteiger partial charge in [-0.2, -0.15) is 0 Å². The van der Waals surface area contributed by atoms with E-state index in [0.29, 0.717) is 17.8 Å². The van der Waals surface area contributed by atoms with Crippen molar-refractivity contribution in [3.8, 4) is 96.5 Å². The lowest BCUT2D eigenvalue weighted by molar-refractivity contribution is 0.995. The van der Waals surface area contributed by atoms with Crippen LogP contribution in [0.25, 0.3) is 243 Å². The Bertz CT molecular complexity index is 8770. The third kappa shape index (κ3) is 12.9. The summed E-state index contributed by atoms with van der Waals surface area (Å²) in [6, 6.07) is 148. The highest BCUT2D eigenvalue weighted by Crippen LogP contribution is 2.45. The molecule has 0 bridgehead atoms. The molecule has 10 heterocycles. The number of fused-ring (bicyclic) bond motifs is 21. The maximum Gasteiger partial charge on any atom is 0.235 e. The third-order valence-corrected chi connectivity index (χ3v) is 29.1. The molecular formula is C114H69N9S4. The van der Waals surface area contributed by atoms with Gasteiger partial charge in [0.1, 0.15) is 0 Å². The van der Waals surface area contributed by atoms with Gasteiger partial charge in [0.2, 0.25) is 17.8 Å². The second-order valence-electron chi connectivity index (χ2n) is 32.0. The predicted octanol–water partition coefficient (Wildman–Crippen LogP) is 31.9. The van der Waals surface area contributed by atoms with Gasteiger partial charge in [-0.15, -0.1) is 45.3 Å². The highest BCUT2D eigenvalue weighted by Gasteiger charge is 2.24.